The number of carbonyl (C=O) groups excluding carboxylic acids is 2. The second-order valence-electron chi connectivity index (χ2n) is 7.15. The molecule has 0 bridgehead atoms. The molecule has 3 aromatic rings. The molecule has 1 heterocycles. The van der Waals surface area contributed by atoms with Crippen molar-refractivity contribution in [2.75, 3.05) is 13.7 Å². The van der Waals surface area contributed by atoms with Crippen LogP contribution in [0.2, 0.25) is 0 Å². The molecule has 0 saturated carbocycles. The summed E-state index contributed by atoms with van der Waals surface area (Å²) in [6.45, 7) is 3.28. The number of methoxy groups -OCH3 is 1. The molecule has 2 aromatic carbocycles. The quantitative estimate of drug-likeness (QED) is 0.529. The first-order chi connectivity index (χ1) is 15.0. The number of carbonyl (C=O) groups is 2. The maximum absolute atomic E-state index is 12.5. The maximum Gasteiger partial charge on any atom is 0.306 e. The topological polar surface area (TPSA) is 90.7 Å². The van der Waals surface area contributed by atoms with Crippen molar-refractivity contribution in [2.24, 2.45) is 0 Å². The molecule has 3 rings (SSSR count). The zero-order chi connectivity index (χ0) is 22.2. The number of hydrogen-bond donors (Lipinski definition) is 1. The van der Waals surface area contributed by atoms with Crippen LogP contribution >= 0.6 is 0 Å². The van der Waals surface area contributed by atoms with Gasteiger partial charge < -0.3 is 19.3 Å². The lowest BCUT2D eigenvalue weighted by Crippen LogP contribution is -2.33. The van der Waals surface area contributed by atoms with Gasteiger partial charge in [-0.15, -0.1) is 0 Å². The van der Waals surface area contributed by atoms with E-state index in [2.05, 4.69) is 10.5 Å². The van der Waals surface area contributed by atoms with Gasteiger partial charge in [0, 0.05) is 12.0 Å². The van der Waals surface area contributed by atoms with Gasteiger partial charge in [0.2, 0.25) is 0 Å². The van der Waals surface area contributed by atoms with E-state index in [4.69, 9.17) is 14.0 Å². The monoisotopic (exact) mass is 422 g/mol. The van der Waals surface area contributed by atoms with E-state index in [9.17, 15) is 9.59 Å². The van der Waals surface area contributed by atoms with E-state index in [1.54, 1.807) is 14.0 Å². The van der Waals surface area contributed by atoms with Crippen LogP contribution in [0.3, 0.4) is 0 Å². The third-order valence-corrected chi connectivity index (χ3v) is 5.01. The Labute approximate surface area is 181 Å². The number of ether oxygens (including phenoxy) is 2. The van der Waals surface area contributed by atoms with Gasteiger partial charge in [0.15, 0.2) is 6.61 Å². The lowest BCUT2D eigenvalue weighted by molar-refractivity contribution is -0.148. The molecule has 162 valence electrons. The molecule has 1 amide bonds. The van der Waals surface area contributed by atoms with Crippen molar-refractivity contribution in [1.29, 1.82) is 0 Å². The zero-order valence-corrected chi connectivity index (χ0v) is 17.9. The van der Waals surface area contributed by atoms with Crippen LogP contribution in [0.1, 0.15) is 40.6 Å². The Kier molecular flexibility index (Phi) is 7.43. The smallest absolute Gasteiger partial charge is 0.306 e. The van der Waals surface area contributed by atoms with Crippen molar-refractivity contribution in [3.05, 3.63) is 82.7 Å². The molecule has 0 radical (unpaired) electrons. The summed E-state index contributed by atoms with van der Waals surface area (Å²) in [5.41, 5.74) is 3.47. The highest BCUT2D eigenvalue weighted by atomic mass is 16.5. The molecular formula is C24H26N2O5. The number of esters is 1. The first kappa shape index (κ1) is 22.1. The van der Waals surface area contributed by atoms with E-state index in [0.717, 1.165) is 28.1 Å². The molecule has 1 aromatic heterocycles. The average Bonchev–Trinajstić information content (AvgIpc) is 3.12. The van der Waals surface area contributed by atoms with Crippen LogP contribution in [-0.2, 0) is 20.7 Å². The van der Waals surface area contributed by atoms with Crippen molar-refractivity contribution in [2.45, 2.75) is 32.7 Å². The molecule has 0 aliphatic heterocycles. The minimum absolute atomic E-state index is 0.150. The van der Waals surface area contributed by atoms with Crippen molar-refractivity contribution in [3.8, 4) is 5.75 Å². The van der Waals surface area contributed by atoms with Crippen molar-refractivity contribution < 1.29 is 23.6 Å². The first-order valence-corrected chi connectivity index (χ1v) is 10.0. The van der Waals surface area contributed by atoms with E-state index in [0.29, 0.717) is 12.2 Å². The Hall–Kier alpha value is -3.61. The van der Waals surface area contributed by atoms with Gasteiger partial charge in [0.1, 0.15) is 11.5 Å². The number of nitrogens with one attached hydrogen (secondary N) is 1. The minimum atomic E-state index is -0.448. The Bertz CT molecular complexity index is 993. The first-order valence-electron chi connectivity index (χ1n) is 10.0. The van der Waals surface area contributed by atoms with Crippen LogP contribution in [-0.4, -0.2) is 30.7 Å². The summed E-state index contributed by atoms with van der Waals surface area (Å²) in [5, 5.41) is 6.82. The zero-order valence-electron chi connectivity index (χ0n) is 17.9. The fraction of sp³-hybridized carbons (Fsp3) is 0.292. The van der Waals surface area contributed by atoms with Crippen molar-refractivity contribution in [3.63, 3.8) is 0 Å². The summed E-state index contributed by atoms with van der Waals surface area (Å²) >= 11 is 0. The van der Waals surface area contributed by atoms with E-state index in [1.807, 2.05) is 61.5 Å². The fourth-order valence-electron chi connectivity index (χ4n) is 3.31. The third-order valence-electron chi connectivity index (χ3n) is 5.01. The number of amides is 1. The van der Waals surface area contributed by atoms with Gasteiger partial charge in [0.25, 0.3) is 5.91 Å². The van der Waals surface area contributed by atoms with Crippen LogP contribution < -0.4 is 10.1 Å². The largest absolute Gasteiger partial charge is 0.497 e. The molecule has 1 N–H and O–H groups in total. The van der Waals surface area contributed by atoms with Crippen LogP contribution in [0.4, 0.5) is 0 Å². The average molecular weight is 422 g/mol. The van der Waals surface area contributed by atoms with Gasteiger partial charge in [0.05, 0.1) is 18.8 Å². The highest BCUT2D eigenvalue weighted by Gasteiger charge is 2.18. The van der Waals surface area contributed by atoms with Crippen LogP contribution in [0.15, 0.2) is 59.1 Å². The maximum atomic E-state index is 12.5. The van der Waals surface area contributed by atoms with Gasteiger partial charge >= 0.3 is 5.97 Å². The molecule has 0 fully saturated rings. The Morgan fingerprint density at radius 2 is 1.71 bits per heavy atom. The van der Waals surface area contributed by atoms with E-state index in [1.165, 1.54) is 0 Å². The highest BCUT2D eigenvalue weighted by molar-refractivity contribution is 5.81. The summed E-state index contributed by atoms with van der Waals surface area (Å²) < 4.78 is 15.5. The molecule has 0 spiro atoms. The lowest BCUT2D eigenvalue weighted by atomic mass is 9.98. The van der Waals surface area contributed by atoms with Crippen molar-refractivity contribution in [1.82, 2.24) is 10.5 Å². The number of rotatable bonds is 9. The molecule has 1 atom stereocenters. The molecule has 0 unspecified atom stereocenters. The Morgan fingerprint density at radius 3 is 2.32 bits per heavy atom. The van der Waals surface area contributed by atoms with E-state index in [-0.39, 0.29) is 25.0 Å². The van der Waals surface area contributed by atoms with Gasteiger partial charge in [-0.2, -0.15) is 0 Å². The minimum Gasteiger partial charge on any atom is -0.497 e. The predicted molar refractivity (Wildman–Crippen MR) is 115 cm³/mol. The second kappa shape index (κ2) is 10.4. The van der Waals surface area contributed by atoms with Gasteiger partial charge in [-0.25, -0.2) is 0 Å². The SMILES string of the molecule is COc1ccc([C@@H](NC(=O)COC(=O)CCc2c(C)noc2C)c2ccccc2)cc1. The van der Waals surface area contributed by atoms with Crippen LogP contribution in [0.5, 0.6) is 5.75 Å². The second-order valence-corrected chi connectivity index (χ2v) is 7.15. The number of aromatic nitrogens is 1. The Morgan fingerprint density at radius 1 is 1.03 bits per heavy atom. The van der Waals surface area contributed by atoms with Gasteiger partial charge in [-0.1, -0.05) is 47.6 Å². The Balaban J connectivity index is 1.59. The summed E-state index contributed by atoms with van der Waals surface area (Å²) in [6.07, 6.45) is 0.608. The third kappa shape index (κ3) is 5.94. The van der Waals surface area contributed by atoms with Crippen LogP contribution in [0, 0.1) is 13.8 Å². The highest BCUT2D eigenvalue weighted by Crippen LogP contribution is 2.24. The number of benzene rings is 2. The lowest BCUT2D eigenvalue weighted by Gasteiger charge is -2.20. The number of nitrogens with zero attached hydrogens (tertiary/aromatic N) is 1. The summed E-state index contributed by atoms with van der Waals surface area (Å²) in [7, 11) is 1.60. The normalized spacial score (nSPS) is 11.6. The summed E-state index contributed by atoms with van der Waals surface area (Å²) in [5.74, 6) is 0.591. The molecule has 7 nitrogen and oxygen atoms in total. The van der Waals surface area contributed by atoms with Gasteiger partial charge in [-0.3, -0.25) is 9.59 Å². The van der Waals surface area contributed by atoms with Crippen molar-refractivity contribution >= 4 is 11.9 Å². The fourth-order valence-corrected chi connectivity index (χ4v) is 3.31. The predicted octanol–water partition coefficient (Wildman–Crippen LogP) is 3.68. The van der Waals surface area contributed by atoms with E-state index >= 15 is 0 Å². The van der Waals surface area contributed by atoms with Gasteiger partial charge in [-0.05, 0) is 43.5 Å². The molecule has 0 aliphatic rings. The molecule has 7 heteroatoms. The molecule has 0 aliphatic carbocycles. The number of aryl methyl sites for hydroxylation is 2. The molecular weight excluding hydrogens is 396 g/mol. The van der Waals surface area contributed by atoms with E-state index < -0.39 is 5.97 Å². The van der Waals surface area contributed by atoms with Crippen LogP contribution in [0.25, 0.3) is 0 Å². The number of hydrogen-bond acceptors (Lipinski definition) is 6. The molecule has 0 saturated heterocycles. The summed E-state index contributed by atoms with van der Waals surface area (Å²) in [4.78, 5) is 24.6. The molecule has 31 heavy (non-hydrogen) atoms. The standard InChI is InChI=1S/C24H26N2O5/c1-16-21(17(2)31-26-16)13-14-23(28)30-15-22(27)25-24(18-7-5-4-6-8-18)19-9-11-20(29-3)12-10-19/h4-12,24H,13-15H2,1-3H3,(H,25,27)/t24-/m0/s1. The summed E-state index contributed by atoms with van der Waals surface area (Å²) in [6, 6.07) is 16.7.